The molecular formula is C18H16ClN3O2. The zero-order chi connectivity index (χ0) is 16.9. The van der Waals surface area contributed by atoms with Crippen molar-refractivity contribution in [3.63, 3.8) is 0 Å². The topological polar surface area (TPSA) is 67.2 Å². The maximum absolute atomic E-state index is 12.0. The smallest absolute Gasteiger partial charge is 0.319 e. The van der Waals surface area contributed by atoms with E-state index in [1.54, 1.807) is 24.4 Å². The Labute approximate surface area is 144 Å². The van der Waals surface area contributed by atoms with Crippen molar-refractivity contribution in [3.05, 3.63) is 71.2 Å². The molecule has 0 bridgehead atoms. The van der Waals surface area contributed by atoms with Crippen molar-refractivity contribution in [2.24, 2.45) is 0 Å². The van der Waals surface area contributed by atoms with Gasteiger partial charge in [-0.1, -0.05) is 41.4 Å². The predicted molar refractivity (Wildman–Crippen MR) is 94.0 cm³/mol. The number of nitrogens with zero attached hydrogens (tertiary/aromatic N) is 1. The number of nitrogens with one attached hydrogen (secondary N) is 2. The van der Waals surface area contributed by atoms with Crippen LogP contribution in [-0.4, -0.2) is 11.0 Å². The highest BCUT2D eigenvalue weighted by atomic mass is 35.5. The number of rotatable bonds is 4. The molecule has 0 aliphatic carbocycles. The van der Waals surface area contributed by atoms with E-state index in [4.69, 9.17) is 16.0 Å². The summed E-state index contributed by atoms with van der Waals surface area (Å²) in [7, 11) is 0. The number of carbonyl (C=O) groups is 1. The fraction of sp³-hybridized carbons (Fsp3) is 0.111. The number of anilines is 1. The van der Waals surface area contributed by atoms with Crippen LogP contribution in [0, 0.1) is 6.92 Å². The van der Waals surface area contributed by atoms with E-state index in [1.807, 2.05) is 31.2 Å². The van der Waals surface area contributed by atoms with Gasteiger partial charge in [0.15, 0.2) is 12.2 Å². The molecule has 0 aliphatic rings. The van der Waals surface area contributed by atoms with Crippen molar-refractivity contribution >= 4 is 23.3 Å². The minimum atomic E-state index is -0.293. The molecule has 3 rings (SSSR count). The first kappa shape index (κ1) is 16.1. The van der Waals surface area contributed by atoms with Gasteiger partial charge in [-0.15, -0.1) is 0 Å². The number of hydrogen-bond donors (Lipinski definition) is 2. The summed E-state index contributed by atoms with van der Waals surface area (Å²) in [6, 6.07) is 12.9. The third kappa shape index (κ3) is 3.94. The van der Waals surface area contributed by atoms with E-state index in [-0.39, 0.29) is 6.03 Å². The van der Waals surface area contributed by atoms with E-state index in [0.717, 1.165) is 11.1 Å². The van der Waals surface area contributed by atoms with Gasteiger partial charge >= 0.3 is 6.03 Å². The Hall–Kier alpha value is -2.79. The number of benzene rings is 2. The van der Waals surface area contributed by atoms with Crippen molar-refractivity contribution in [1.29, 1.82) is 0 Å². The molecule has 1 heterocycles. The molecule has 0 spiro atoms. The molecule has 24 heavy (non-hydrogen) atoms. The minimum Gasteiger partial charge on any atom is -0.443 e. The molecule has 0 saturated heterocycles. The first-order chi connectivity index (χ1) is 11.6. The summed E-state index contributed by atoms with van der Waals surface area (Å²) < 4.78 is 5.22. The van der Waals surface area contributed by atoms with Crippen LogP contribution >= 0.6 is 11.6 Å². The highest BCUT2D eigenvalue weighted by molar-refractivity contribution is 6.33. The van der Waals surface area contributed by atoms with Gasteiger partial charge in [0.25, 0.3) is 0 Å². The Bertz CT molecular complexity index is 830. The molecule has 3 aromatic rings. The summed E-state index contributed by atoms with van der Waals surface area (Å²) in [5.41, 5.74) is 3.54. The van der Waals surface area contributed by atoms with E-state index >= 15 is 0 Å². The van der Waals surface area contributed by atoms with Gasteiger partial charge < -0.3 is 15.1 Å². The summed E-state index contributed by atoms with van der Waals surface area (Å²) in [6.45, 7) is 2.48. The molecule has 0 aliphatic heterocycles. The molecule has 0 unspecified atom stereocenters. The quantitative estimate of drug-likeness (QED) is 0.727. The molecule has 2 N–H and O–H groups in total. The zero-order valence-electron chi connectivity index (χ0n) is 13.0. The Kier molecular flexibility index (Phi) is 4.82. The standard InChI is InChI=1S/C18H16ClN3O2/c1-12-2-4-13(5-3-12)9-21-18(23)22-14-6-7-15(16(19)8-14)17-10-20-11-24-17/h2-8,10-11H,9H2,1H3,(H2,21,22,23). The van der Waals surface area contributed by atoms with Gasteiger partial charge in [-0.2, -0.15) is 0 Å². The van der Waals surface area contributed by atoms with Crippen molar-refractivity contribution in [3.8, 4) is 11.3 Å². The van der Waals surface area contributed by atoms with Gasteiger partial charge in [-0.25, -0.2) is 9.78 Å². The molecule has 0 radical (unpaired) electrons. The second kappa shape index (κ2) is 7.19. The van der Waals surface area contributed by atoms with Crippen molar-refractivity contribution in [1.82, 2.24) is 10.3 Å². The van der Waals surface area contributed by atoms with Crippen LogP contribution in [0.1, 0.15) is 11.1 Å². The van der Waals surface area contributed by atoms with Crippen molar-refractivity contribution in [2.75, 3.05) is 5.32 Å². The molecule has 0 fully saturated rings. The summed E-state index contributed by atoms with van der Waals surface area (Å²) >= 11 is 6.23. The number of oxazole rings is 1. The second-order valence-corrected chi connectivity index (χ2v) is 5.76. The van der Waals surface area contributed by atoms with Crippen LogP contribution < -0.4 is 10.6 Å². The third-order valence-corrected chi connectivity index (χ3v) is 3.81. The lowest BCUT2D eigenvalue weighted by atomic mass is 10.1. The first-order valence-corrected chi connectivity index (χ1v) is 7.78. The third-order valence-electron chi connectivity index (χ3n) is 3.50. The van der Waals surface area contributed by atoms with Crippen LogP contribution in [0.4, 0.5) is 10.5 Å². The predicted octanol–water partition coefficient (Wildman–Crippen LogP) is 4.63. The number of amides is 2. The maximum atomic E-state index is 12.0. The highest BCUT2D eigenvalue weighted by Crippen LogP contribution is 2.29. The molecule has 6 heteroatoms. The number of hydrogen-bond acceptors (Lipinski definition) is 3. The van der Waals surface area contributed by atoms with Crippen LogP contribution in [0.15, 0.2) is 59.5 Å². The molecule has 1 aromatic heterocycles. The number of aromatic nitrogens is 1. The number of halogens is 1. The van der Waals surface area contributed by atoms with Crippen molar-refractivity contribution < 1.29 is 9.21 Å². The molecule has 2 aromatic carbocycles. The fourth-order valence-electron chi connectivity index (χ4n) is 2.21. The van der Waals surface area contributed by atoms with Gasteiger partial charge in [-0.05, 0) is 30.7 Å². The van der Waals surface area contributed by atoms with Crippen LogP contribution in [0.5, 0.6) is 0 Å². The monoisotopic (exact) mass is 341 g/mol. The molecule has 122 valence electrons. The van der Waals surface area contributed by atoms with Gasteiger partial charge in [0, 0.05) is 17.8 Å². The van der Waals surface area contributed by atoms with E-state index < -0.39 is 0 Å². The molecule has 0 saturated carbocycles. The molecule has 2 amide bonds. The summed E-state index contributed by atoms with van der Waals surface area (Å²) in [5.74, 6) is 0.579. The largest absolute Gasteiger partial charge is 0.443 e. The number of urea groups is 1. The van der Waals surface area contributed by atoms with Crippen molar-refractivity contribution in [2.45, 2.75) is 13.5 Å². The average molecular weight is 342 g/mol. The van der Waals surface area contributed by atoms with Gasteiger partial charge in [-0.3, -0.25) is 0 Å². The van der Waals surface area contributed by atoms with Crippen LogP contribution in [-0.2, 0) is 6.54 Å². The fourth-order valence-corrected chi connectivity index (χ4v) is 2.48. The summed E-state index contributed by atoms with van der Waals surface area (Å²) in [4.78, 5) is 15.8. The lowest BCUT2D eigenvalue weighted by molar-refractivity contribution is 0.251. The lowest BCUT2D eigenvalue weighted by Gasteiger charge is -2.09. The van der Waals surface area contributed by atoms with Gasteiger partial charge in [0.2, 0.25) is 0 Å². The minimum absolute atomic E-state index is 0.293. The Morgan fingerprint density at radius 2 is 2.00 bits per heavy atom. The Balaban J connectivity index is 1.60. The first-order valence-electron chi connectivity index (χ1n) is 7.40. The van der Waals surface area contributed by atoms with E-state index in [2.05, 4.69) is 15.6 Å². The normalized spacial score (nSPS) is 10.4. The molecule has 0 atom stereocenters. The van der Waals surface area contributed by atoms with Crippen LogP contribution in [0.25, 0.3) is 11.3 Å². The Morgan fingerprint density at radius 3 is 2.67 bits per heavy atom. The number of carbonyl (C=O) groups excluding carboxylic acids is 1. The summed E-state index contributed by atoms with van der Waals surface area (Å²) in [5, 5.41) is 6.04. The van der Waals surface area contributed by atoms with E-state index in [9.17, 15) is 4.79 Å². The van der Waals surface area contributed by atoms with Crippen LogP contribution in [0.3, 0.4) is 0 Å². The highest BCUT2D eigenvalue weighted by Gasteiger charge is 2.09. The van der Waals surface area contributed by atoms with E-state index in [1.165, 1.54) is 12.0 Å². The average Bonchev–Trinajstić information content (AvgIpc) is 3.09. The molecule has 5 nitrogen and oxygen atoms in total. The number of aryl methyl sites for hydroxylation is 1. The Morgan fingerprint density at radius 1 is 1.21 bits per heavy atom. The SMILES string of the molecule is Cc1ccc(CNC(=O)Nc2ccc(-c3cnco3)c(Cl)c2)cc1. The van der Waals surface area contributed by atoms with E-state index in [0.29, 0.717) is 23.0 Å². The van der Waals surface area contributed by atoms with Crippen LogP contribution in [0.2, 0.25) is 5.02 Å². The van der Waals surface area contributed by atoms with Gasteiger partial charge in [0.05, 0.1) is 11.2 Å². The second-order valence-electron chi connectivity index (χ2n) is 5.35. The maximum Gasteiger partial charge on any atom is 0.319 e. The van der Waals surface area contributed by atoms with Gasteiger partial charge in [0.1, 0.15) is 0 Å². The lowest BCUT2D eigenvalue weighted by Crippen LogP contribution is -2.28. The molecular weight excluding hydrogens is 326 g/mol. The zero-order valence-corrected chi connectivity index (χ0v) is 13.8. The summed E-state index contributed by atoms with van der Waals surface area (Å²) in [6.07, 6.45) is 2.93.